The zero-order valence-corrected chi connectivity index (χ0v) is 10.4. The predicted octanol–water partition coefficient (Wildman–Crippen LogP) is 3.59. The molecule has 0 saturated heterocycles. The third kappa shape index (κ3) is 2.38. The normalized spacial score (nSPS) is 10.6. The molecule has 1 N–H and O–H groups in total. The fourth-order valence-corrected chi connectivity index (χ4v) is 1.91. The van der Waals surface area contributed by atoms with Gasteiger partial charge < -0.3 is 0 Å². The fraction of sp³-hybridized carbons (Fsp3) is 0.0667. The van der Waals surface area contributed by atoms with Gasteiger partial charge in [0, 0.05) is 11.1 Å². The van der Waals surface area contributed by atoms with Crippen molar-refractivity contribution in [2.24, 2.45) is 0 Å². The van der Waals surface area contributed by atoms with Crippen LogP contribution in [0.3, 0.4) is 0 Å². The summed E-state index contributed by atoms with van der Waals surface area (Å²) in [4.78, 5) is 4.43. The molecular formula is C15H12FN3. The minimum Gasteiger partial charge on any atom is -0.259 e. The number of benzene rings is 2. The second kappa shape index (κ2) is 4.65. The van der Waals surface area contributed by atoms with Gasteiger partial charge in [0.15, 0.2) is 11.6 Å². The van der Waals surface area contributed by atoms with Crippen molar-refractivity contribution >= 4 is 0 Å². The molecular weight excluding hydrogens is 241 g/mol. The van der Waals surface area contributed by atoms with Crippen LogP contribution < -0.4 is 0 Å². The average Bonchev–Trinajstić information content (AvgIpc) is 2.89. The van der Waals surface area contributed by atoms with Gasteiger partial charge in [-0.1, -0.05) is 23.8 Å². The monoisotopic (exact) mass is 253 g/mol. The molecule has 0 fully saturated rings. The zero-order valence-electron chi connectivity index (χ0n) is 10.4. The van der Waals surface area contributed by atoms with Gasteiger partial charge in [-0.2, -0.15) is 5.10 Å². The number of aromatic nitrogens is 3. The minimum absolute atomic E-state index is 0.262. The van der Waals surface area contributed by atoms with Crippen LogP contribution >= 0.6 is 0 Å². The Bertz CT molecular complexity index is 701. The topological polar surface area (TPSA) is 41.6 Å². The second-order valence-corrected chi connectivity index (χ2v) is 4.38. The first kappa shape index (κ1) is 11.6. The number of aryl methyl sites for hydroxylation is 1. The highest BCUT2D eigenvalue weighted by Gasteiger charge is 2.07. The third-order valence-corrected chi connectivity index (χ3v) is 2.88. The molecule has 19 heavy (non-hydrogen) atoms. The molecule has 2 aromatic carbocycles. The summed E-state index contributed by atoms with van der Waals surface area (Å²) >= 11 is 0. The van der Waals surface area contributed by atoms with Crippen molar-refractivity contribution in [2.75, 3.05) is 0 Å². The Morgan fingerprint density at radius 1 is 1.00 bits per heavy atom. The van der Waals surface area contributed by atoms with Crippen molar-refractivity contribution in [2.45, 2.75) is 6.92 Å². The maximum Gasteiger partial charge on any atom is 0.181 e. The smallest absolute Gasteiger partial charge is 0.181 e. The third-order valence-electron chi connectivity index (χ3n) is 2.88. The summed E-state index contributed by atoms with van der Waals surface area (Å²) in [6.07, 6.45) is 0. The molecule has 0 unspecified atom stereocenters. The van der Waals surface area contributed by atoms with Gasteiger partial charge >= 0.3 is 0 Å². The van der Waals surface area contributed by atoms with Crippen LogP contribution in [0.1, 0.15) is 5.56 Å². The molecule has 0 aliphatic heterocycles. The van der Waals surface area contributed by atoms with Gasteiger partial charge in [0.05, 0.1) is 0 Å². The largest absolute Gasteiger partial charge is 0.259 e. The summed E-state index contributed by atoms with van der Waals surface area (Å²) in [5, 5.41) is 7.07. The van der Waals surface area contributed by atoms with Gasteiger partial charge in [0.1, 0.15) is 5.82 Å². The number of rotatable bonds is 2. The van der Waals surface area contributed by atoms with Gasteiger partial charge in [0.2, 0.25) is 0 Å². The highest BCUT2D eigenvalue weighted by Crippen LogP contribution is 2.20. The zero-order chi connectivity index (χ0) is 13.2. The van der Waals surface area contributed by atoms with Crippen molar-refractivity contribution in [3.8, 4) is 22.8 Å². The lowest BCUT2D eigenvalue weighted by atomic mass is 10.1. The molecule has 0 radical (unpaired) electrons. The molecule has 0 amide bonds. The van der Waals surface area contributed by atoms with Gasteiger partial charge in [-0.15, -0.1) is 0 Å². The molecule has 3 rings (SSSR count). The number of halogens is 1. The average molecular weight is 253 g/mol. The first-order valence-corrected chi connectivity index (χ1v) is 5.98. The molecule has 0 spiro atoms. The number of H-pyrrole nitrogens is 1. The Balaban J connectivity index is 1.97. The number of nitrogens with zero attached hydrogens (tertiary/aromatic N) is 2. The Morgan fingerprint density at radius 3 is 2.53 bits per heavy atom. The molecule has 3 aromatic rings. The first-order chi connectivity index (χ1) is 9.22. The van der Waals surface area contributed by atoms with Crippen molar-refractivity contribution in [3.63, 3.8) is 0 Å². The molecule has 4 heteroatoms. The quantitative estimate of drug-likeness (QED) is 0.758. The number of hydrogen-bond acceptors (Lipinski definition) is 2. The van der Waals surface area contributed by atoms with Crippen LogP contribution in [0, 0.1) is 12.7 Å². The van der Waals surface area contributed by atoms with Crippen molar-refractivity contribution < 1.29 is 4.39 Å². The molecule has 0 aliphatic carbocycles. The maximum absolute atomic E-state index is 12.9. The summed E-state index contributed by atoms with van der Waals surface area (Å²) in [6, 6.07) is 14.2. The predicted molar refractivity (Wildman–Crippen MR) is 71.9 cm³/mol. The Kier molecular flexibility index (Phi) is 2.83. The Hall–Kier alpha value is -2.49. The number of hydrogen-bond donors (Lipinski definition) is 1. The van der Waals surface area contributed by atoms with Crippen LogP contribution in [0.5, 0.6) is 0 Å². The van der Waals surface area contributed by atoms with E-state index in [0.717, 1.165) is 16.7 Å². The van der Waals surface area contributed by atoms with E-state index in [9.17, 15) is 4.39 Å². The SMILES string of the molecule is Cc1cccc(-c2n[nH]c(-c3ccc(F)cc3)n2)c1. The van der Waals surface area contributed by atoms with Crippen molar-refractivity contribution in [1.82, 2.24) is 15.2 Å². The Labute approximate surface area is 110 Å². The molecule has 94 valence electrons. The standard InChI is InChI=1S/C15H12FN3/c1-10-3-2-4-12(9-10)15-17-14(18-19-15)11-5-7-13(16)8-6-11/h2-9H,1H3,(H,17,18,19). The lowest BCUT2D eigenvalue weighted by molar-refractivity contribution is 0.628. The van der Waals surface area contributed by atoms with Gasteiger partial charge in [-0.3, -0.25) is 5.10 Å². The van der Waals surface area contributed by atoms with E-state index in [-0.39, 0.29) is 5.82 Å². The summed E-state index contributed by atoms with van der Waals surface area (Å²) in [5.74, 6) is 1.02. The van der Waals surface area contributed by atoms with Crippen LogP contribution in [-0.4, -0.2) is 15.2 Å². The van der Waals surface area contributed by atoms with E-state index in [1.54, 1.807) is 12.1 Å². The van der Waals surface area contributed by atoms with Crippen LogP contribution in [0.4, 0.5) is 4.39 Å². The van der Waals surface area contributed by atoms with Gasteiger partial charge in [0.25, 0.3) is 0 Å². The maximum atomic E-state index is 12.9. The molecule has 0 saturated carbocycles. The lowest BCUT2D eigenvalue weighted by Crippen LogP contribution is -1.82. The lowest BCUT2D eigenvalue weighted by Gasteiger charge is -1.96. The second-order valence-electron chi connectivity index (χ2n) is 4.38. The van der Waals surface area contributed by atoms with E-state index in [2.05, 4.69) is 15.2 Å². The molecule has 1 heterocycles. The van der Waals surface area contributed by atoms with Crippen molar-refractivity contribution in [3.05, 3.63) is 59.9 Å². The summed E-state index contributed by atoms with van der Waals surface area (Å²) in [7, 11) is 0. The summed E-state index contributed by atoms with van der Waals surface area (Å²) in [6.45, 7) is 2.02. The number of aromatic amines is 1. The van der Waals surface area contributed by atoms with E-state index in [1.165, 1.54) is 12.1 Å². The van der Waals surface area contributed by atoms with Crippen LogP contribution in [0.25, 0.3) is 22.8 Å². The minimum atomic E-state index is -0.262. The van der Waals surface area contributed by atoms with Crippen LogP contribution in [0.2, 0.25) is 0 Å². The van der Waals surface area contributed by atoms with E-state index < -0.39 is 0 Å². The van der Waals surface area contributed by atoms with Crippen molar-refractivity contribution in [1.29, 1.82) is 0 Å². The van der Waals surface area contributed by atoms with Crippen LogP contribution in [0.15, 0.2) is 48.5 Å². The molecule has 3 nitrogen and oxygen atoms in total. The van der Waals surface area contributed by atoms with E-state index in [4.69, 9.17) is 0 Å². The molecule has 1 aromatic heterocycles. The van der Waals surface area contributed by atoms with E-state index in [0.29, 0.717) is 11.6 Å². The highest BCUT2D eigenvalue weighted by atomic mass is 19.1. The molecule has 0 atom stereocenters. The highest BCUT2D eigenvalue weighted by molar-refractivity contribution is 5.61. The molecule has 0 bridgehead atoms. The van der Waals surface area contributed by atoms with Gasteiger partial charge in [-0.05, 0) is 37.3 Å². The van der Waals surface area contributed by atoms with E-state index >= 15 is 0 Å². The Morgan fingerprint density at radius 2 is 1.79 bits per heavy atom. The molecule has 0 aliphatic rings. The summed E-state index contributed by atoms with van der Waals surface area (Å²) < 4.78 is 12.9. The first-order valence-electron chi connectivity index (χ1n) is 5.98. The van der Waals surface area contributed by atoms with Crippen LogP contribution in [-0.2, 0) is 0 Å². The van der Waals surface area contributed by atoms with Gasteiger partial charge in [-0.25, -0.2) is 9.37 Å². The van der Waals surface area contributed by atoms with E-state index in [1.807, 2.05) is 31.2 Å². The fourth-order valence-electron chi connectivity index (χ4n) is 1.91. The summed E-state index contributed by atoms with van der Waals surface area (Å²) in [5.41, 5.74) is 2.93. The number of nitrogens with one attached hydrogen (secondary N) is 1.